The number of rotatable bonds is 11. The van der Waals surface area contributed by atoms with Gasteiger partial charge in [-0.25, -0.2) is 18.5 Å². The normalized spacial score (nSPS) is 23.5. The summed E-state index contributed by atoms with van der Waals surface area (Å²) in [6.45, 7) is -1.39. The van der Waals surface area contributed by atoms with E-state index in [9.17, 15) is 43.3 Å². The van der Waals surface area contributed by atoms with Crippen molar-refractivity contribution in [3.63, 3.8) is 0 Å². The Morgan fingerprint density at radius 1 is 0.930 bits per heavy atom. The lowest BCUT2D eigenvalue weighted by atomic mass is 10.1. The lowest BCUT2D eigenvalue weighted by molar-refractivity contribution is -0.0547. The van der Waals surface area contributed by atoms with Gasteiger partial charge in [0.1, 0.15) is 18.3 Å². The van der Waals surface area contributed by atoms with Crippen LogP contribution in [0.3, 0.4) is 0 Å². The number of hydrogen-bond acceptors (Lipinski definition) is 12. The molecule has 0 aliphatic carbocycles. The van der Waals surface area contributed by atoms with Crippen LogP contribution in [-0.2, 0) is 38.1 Å². The van der Waals surface area contributed by atoms with Crippen LogP contribution in [0.25, 0.3) is 11.1 Å². The Kier molecular flexibility index (Phi) is 10.1. The van der Waals surface area contributed by atoms with Gasteiger partial charge < -0.3 is 34.5 Å². The average molecular weight is 686 g/mol. The third kappa shape index (κ3) is 8.63. The number of ether oxygens (including phenoxy) is 1. The van der Waals surface area contributed by atoms with Gasteiger partial charge in [0.2, 0.25) is 0 Å². The minimum Gasteiger partial charge on any atom is -0.387 e. The molecular formula is C21H23ClN3O15P3. The molecule has 22 heteroatoms. The number of hydrogen-bond donors (Lipinski definition) is 6. The van der Waals surface area contributed by atoms with Crippen LogP contribution in [0.5, 0.6) is 0 Å². The van der Waals surface area contributed by atoms with E-state index in [0.717, 1.165) is 27.0 Å². The van der Waals surface area contributed by atoms with Gasteiger partial charge in [-0.2, -0.15) is 8.62 Å². The first-order chi connectivity index (χ1) is 19.9. The van der Waals surface area contributed by atoms with Crippen molar-refractivity contribution in [2.24, 2.45) is 0 Å². The van der Waals surface area contributed by atoms with Gasteiger partial charge in [-0.05, 0) is 35.4 Å². The fourth-order valence-corrected chi connectivity index (χ4v) is 7.23. The molecular weight excluding hydrogens is 663 g/mol. The SMILES string of the molecule is O=c1ccn([C@@H]2O[C@H](COP(=O)(O)OP(=O)(O)OP(=O)(O)O)C(O)C2O)c(=O)n1Cc1cc(-c2cccc(Cl)c2)ccn1. The summed E-state index contributed by atoms with van der Waals surface area (Å²) >= 11 is 6.06. The summed E-state index contributed by atoms with van der Waals surface area (Å²) < 4.78 is 52.8. The van der Waals surface area contributed by atoms with Gasteiger partial charge in [-0.1, -0.05) is 23.7 Å². The van der Waals surface area contributed by atoms with Crippen molar-refractivity contribution in [1.82, 2.24) is 14.1 Å². The van der Waals surface area contributed by atoms with E-state index in [4.69, 9.17) is 26.1 Å². The molecule has 2 aromatic heterocycles. The van der Waals surface area contributed by atoms with E-state index in [2.05, 4.69) is 18.1 Å². The number of phosphoric ester groups is 1. The Bertz CT molecular complexity index is 1760. The molecule has 0 saturated carbocycles. The first-order valence-corrected chi connectivity index (χ1v) is 16.7. The van der Waals surface area contributed by atoms with Crippen LogP contribution < -0.4 is 11.2 Å². The molecule has 18 nitrogen and oxygen atoms in total. The smallest absolute Gasteiger partial charge is 0.387 e. The molecule has 0 bridgehead atoms. The predicted molar refractivity (Wildman–Crippen MR) is 144 cm³/mol. The first-order valence-electron chi connectivity index (χ1n) is 11.8. The monoisotopic (exact) mass is 685 g/mol. The van der Waals surface area contributed by atoms with E-state index < -0.39 is 65.9 Å². The zero-order valence-corrected chi connectivity index (χ0v) is 24.8. The standard InChI is InChI=1S/C21H23ClN3O15P3/c22-14-3-1-2-12(8-14)13-4-6-23-15(9-13)10-25-17(26)5-7-24(21(25)29)20-19(28)18(27)16(38-20)11-37-42(33,34)40-43(35,36)39-41(30,31)32/h1-9,16,18-20,27-28H,10-11H2,(H,33,34)(H,35,36)(H2,30,31,32)/t16-,18?,19?,20-/m1/s1. The van der Waals surface area contributed by atoms with Crippen LogP contribution in [0.1, 0.15) is 11.9 Å². The van der Waals surface area contributed by atoms with Crippen molar-refractivity contribution in [2.75, 3.05) is 6.61 Å². The molecule has 1 aliphatic heterocycles. The van der Waals surface area contributed by atoms with E-state index in [1.807, 2.05) is 0 Å². The molecule has 6 atom stereocenters. The van der Waals surface area contributed by atoms with Gasteiger partial charge in [-0.15, -0.1) is 0 Å². The molecule has 6 N–H and O–H groups in total. The van der Waals surface area contributed by atoms with Gasteiger partial charge in [-0.3, -0.25) is 23.4 Å². The Morgan fingerprint density at radius 3 is 2.30 bits per heavy atom. The Morgan fingerprint density at radius 2 is 1.63 bits per heavy atom. The van der Waals surface area contributed by atoms with E-state index >= 15 is 0 Å². The van der Waals surface area contributed by atoms with Crippen molar-refractivity contribution in [3.05, 3.63) is 86.4 Å². The molecule has 1 fully saturated rings. The fraction of sp³-hybridized carbons (Fsp3) is 0.286. The van der Waals surface area contributed by atoms with Crippen LogP contribution in [0.2, 0.25) is 5.02 Å². The number of benzene rings is 1. The maximum atomic E-state index is 13.3. The third-order valence-corrected chi connectivity index (χ3v) is 9.86. The maximum Gasteiger partial charge on any atom is 0.490 e. The van der Waals surface area contributed by atoms with Gasteiger partial charge in [0.15, 0.2) is 6.23 Å². The second-order valence-electron chi connectivity index (χ2n) is 8.91. The number of phosphoric acid groups is 3. The molecule has 3 heterocycles. The summed E-state index contributed by atoms with van der Waals surface area (Å²) in [6, 6.07) is 11.3. The van der Waals surface area contributed by atoms with Crippen LogP contribution in [-0.4, -0.2) is 68.8 Å². The molecule has 1 aromatic carbocycles. The van der Waals surface area contributed by atoms with Gasteiger partial charge in [0.25, 0.3) is 5.56 Å². The summed E-state index contributed by atoms with van der Waals surface area (Å²) in [7, 11) is -17.0. The summed E-state index contributed by atoms with van der Waals surface area (Å²) in [4.78, 5) is 66.1. The van der Waals surface area contributed by atoms with E-state index in [1.165, 1.54) is 6.20 Å². The van der Waals surface area contributed by atoms with Crippen LogP contribution in [0.15, 0.2) is 64.4 Å². The Labute approximate surface area is 245 Å². The molecule has 0 radical (unpaired) electrons. The number of pyridine rings is 1. The Balaban J connectivity index is 1.51. The molecule has 43 heavy (non-hydrogen) atoms. The molecule has 234 valence electrons. The molecule has 1 aliphatic rings. The fourth-order valence-electron chi connectivity index (χ4n) is 4.01. The minimum atomic E-state index is -5.80. The zero-order valence-electron chi connectivity index (χ0n) is 21.3. The second-order valence-corrected chi connectivity index (χ2v) is 13.8. The highest BCUT2D eigenvalue weighted by Crippen LogP contribution is 2.66. The van der Waals surface area contributed by atoms with Crippen molar-refractivity contribution < 1.29 is 61.4 Å². The maximum absolute atomic E-state index is 13.3. The summed E-state index contributed by atoms with van der Waals surface area (Å²) in [5.74, 6) is 0. The van der Waals surface area contributed by atoms with E-state index in [0.29, 0.717) is 16.3 Å². The summed E-state index contributed by atoms with van der Waals surface area (Å²) in [6.07, 6.45) is -4.53. The Hall–Kier alpha value is -2.37. The topological polar surface area (TPSA) is 266 Å². The highest BCUT2D eigenvalue weighted by atomic mass is 35.5. The average Bonchev–Trinajstić information content (AvgIpc) is 3.16. The van der Waals surface area contributed by atoms with Gasteiger partial charge in [0.05, 0.1) is 18.8 Å². The van der Waals surface area contributed by atoms with E-state index in [1.54, 1.807) is 36.4 Å². The lowest BCUT2D eigenvalue weighted by Gasteiger charge is -2.19. The van der Waals surface area contributed by atoms with Crippen LogP contribution in [0, 0.1) is 0 Å². The van der Waals surface area contributed by atoms with E-state index in [-0.39, 0.29) is 6.54 Å². The molecule has 0 amide bonds. The predicted octanol–water partition coefficient (Wildman–Crippen LogP) is 0.736. The molecule has 4 rings (SSSR count). The zero-order chi connectivity index (χ0) is 31.7. The molecule has 0 spiro atoms. The third-order valence-electron chi connectivity index (χ3n) is 5.82. The van der Waals surface area contributed by atoms with Crippen molar-refractivity contribution >= 4 is 35.1 Å². The lowest BCUT2D eigenvalue weighted by Crippen LogP contribution is -2.43. The summed E-state index contributed by atoms with van der Waals surface area (Å²) in [5.41, 5.74) is 0.0675. The van der Waals surface area contributed by atoms with Crippen molar-refractivity contribution in [1.29, 1.82) is 0 Å². The molecule has 4 unspecified atom stereocenters. The number of aliphatic hydroxyl groups is 2. The van der Waals surface area contributed by atoms with Crippen LogP contribution >= 0.6 is 35.1 Å². The highest BCUT2D eigenvalue weighted by Gasteiger charge is 2.47. The largest absolute Gasteiger partial charge is 0.490 e. The highest BCUT2D eigenvalue weighted by molar-refractivity contribution is 7.66. The molecule has 3 aromatic rings. The quantitative estimate of drug-likeness (QED) is 0.152. The second kappa shape index (κ2) is 12.9. The minimum absolute atomic E-state index is 0.298. The number of halogens is 1. The number of nitrogens with zero attached hydrogens (tertiary/aromatic N) is 3. The number of aliphatic hydroxyl groups excluding tert-OH is 2. The first kappa shape index (κ1) is 33.5. The molecule has 1 saturated heterocycles. The van der Waals surface area contributed by atoms with Crippen molar-refractivity contribution in [3.8, 4) is 11.1 Å². The summed E-state index contributed by atoms with van der Waals surface area (Å²) in [5, 5.41) is 21.4. The number of aromatic nitrogens is 3. The van der Waals surface area contributed by atoms with Crippen LogP contribution in [0.4, 0.5) is 0 Å². The van der Waals surface area contributed by atoms with Gasteiger partial charge >= 0.3 is 29.2 Å². The van der Waals surface area contributed by atoms with Gasteiger partial charge in [0, 0.05) is 23.5 Å². The van der Waals surface area contributed by atoms with Crippen molar-refractivity contribution in [2.45, 2.75) is 31.1 Å².